The van der Waals surface area contributed by atoms with Crippen molar-refractivity contribution in [3.8, 4) is 5.75 Å². The van der Waals surface area contributed by atoms with Gasteiger partial charge in [-0.2, -0.15) is 17.5 Å². The van der Waals surface area contributed by atoms with E-state index in [0.29, 0.717) is 0 Å². The molecule has 0 aliphatic rings. The number of halogens is 3. The SMILES string of the molecule is COc1ccc(S(=O)(=O)N(C)Cc2cccc(C(F)(F)F)c2)cc1[N+](=O)[O-]. The molecule has 0 fully saturated rings. The maximum atomic E-state index is 12.8. The first-order chi connectivity index (χ1) is 12.5. The Morgan fingerprint density at radius 2 is 1.85 bits per heavy atom. The van der Waals surface area contributed by atoms with Gasteiger partial charge in [0.05, 0.1) is 22.5 Å². The van der Waals surface area contributed by atoms with Crippen LogP contribution in [0.15, 0.2) is 47.4 Å². The van der Waals surface area contributed by atoms with E-state index in [1.165, 1.54) is 26.3 Å². The molecule has 11 heteroatoms. The van der Waals surface area contributed by atoms with E-state index in [0.717, 1.165) is 34.6 Å². The Kier molecular flexibility index (Phi) is 5.76. The summed E-state index contributed by atoms with van der Waals surface area (Å²) in [7, 11) is -1.80. The number of nitro benzene ring substituents is 1. The number of nitrogens with zero attached hydrogens (tertiary/aromatic N) is 2. The average Bonchev–Trinajstić information content (AvgIpc) is 2.60. The number of rotatable bonds is 6. The Bertz CT molecular complexity index is 961. The summed E-state index contributed by atoms with van der Waals surface area (Å²) < 4.78 is 69.3. The second-order valence-electron chi connectivity index (χ2n) is 5.55. The molecule has 2 aromatic rings. The van der Waals surface area contributed by atoms with Crippen molar-refractivity contribution in [1.29, 1.82) is 0 Å². The highest BCUT2D eigenvalue weighted by molar-refractivity contribution is 7.89. The first kappa shape index (κ1) is 20.6. The summed E-state index contributed by atoms with van der Waals surface area (Å²) >= 11 is 0. The Labute approximate surface area is 153 Å². The number of nitro groups is 1. The van der Waals surface area contributed by atoms with E-state index in [4.69, 9.17) is 4.74 Å². The van der Waals surface area contributed by atoms with Crippen LogP contribution >= 0.6 is 0 Å². The molecule has 0 atom stereocenters. The first-order valence-corrected chi connectivity index (χ1v) is 8.85. The molecule has 27 heavy (non-hydrogen) atoms. The Morgan fingerprint density at radius 1 is 1.19 bits per heavy atom. The largest absolute Gasteiger partial charge is 0.490 e. The quantitative estimate of drug-likeness (QED) is 0.543. The van der Waals surface area contributed by atoms with E-state index in [1.807, 2.05) is 0 Å². The van der Waals surface area contributed by atoms with E-state index < -0.39 is 32.4 Å². The lowest BCUT2D eigenvalue weighted by atomic mass is 10.1. The molecule has 2 rings (SSSR count). The van der Waals surface area contributed by atoms with Gasteiger partial charge in [0.15, 0.2) is 5.75 Å². The van der Waals surface area contributed by atoms with Crippen LogP contribution in [0.3, 0.4) is 0 Å². The molecule has 2 aromatic carbocycles. The Hall–Kier alpha value is -2.66. The lowest BCUT2D eigenvalue weighted by Gasteiger charge is -2.18. The van der Waals surface area contributed by atoms with E-state index in [2.05, 4.69) is 0 Å². The lowest BCUT2D eigenvalue weighted by molar-refractivity contribution is -0.386. The molecule has 7 nitrogen and oxygen atoms in total. The van der Waals surface area contributed by atoms with Crippen LogP contribution in [0.2, 0.25) is 0 Å². The number of ether oxygens (including phenoxy) is 1. The minimum Gasteiger partial charge on any atom is -0.490 e. The molecule has 146 valence electrons. The third-order valence-corrected chi connectivity index (χ3v) is 5.51. The molecule has 0 amide bonds. The fraction of sp³-hybridized carbons (Fsp3) is 0.250. The van der Waals surface area contributed by atoms with Gasteiger partial charge in [0.2, 0.25) is 10.0 Å². The summed E-state index contributed by atoms with van der Waals surface area (Å²) in [6.07, 6.45) is -4.55. The fourth-order valence-electron chi connectivity index (χ4n) is 2.34. The van der Waals surface area contributed by atoms with Gasteiger partial charge in [0.25, 0.3) is 0 Å². The molecular weight excluding hydrogens is 389 g/mol. The summed E-state index contributed by atoms with van der Waals surface area (Å²) in [5.41, 5.74) is -1.31. The molecule has 0 unspecified atom stereocenters. The molecule has 0 bridgehead atoms. The molecular formula is C16H15F3N2O5S. The highest BCUT2D eigenvalue weighted by Gasteiger charge is 2.31. The van der Waals surface area contributed by atoms with E-state index >= 15 is 0 Å². The van der Waals surface area contributed by atoms with E-state index in [-0.39, 0.29) is 22.8 Å². The first-order valence-electron chi connectivity index (χ1n) is 7.41. The molecule has 0 aliphatic carbocycles. The number of benzene rings is 2. The van der Waals surface area contributed by atoms with Crippen molar-refractivity contribution in [3.05, 3.63) is 63.7 Å². The van der Waals surface area contributed by atoms with Crippen LogP contribution in [-0.4, -0.2) is 31.8 Å². The zero-order chi connectivity index (χ0) is 20.4. The normalized spacial score (nSPS) is 12.2. The van der Waals surface area contributed by atoms with Crippen LogP contribution in [0.5, 0.6) is 5.75 Å². The van der Waals surface area contributed by atoms with Crippen LogP contribution in [0.25, 0.3) is 0 Å². The predicted octanol–water partition coefficient (Wildman–Crippen LogP) is 3.44. The Balaban J connectivity index is 2.34. The van der Waals surface area contributed by atoms with Gasteiger partial charge >= 0.3 is 11.9 Å². The smallest absolute Gasteiger partial charge is 0.416 e. The van der Waals surface area contributed by atoms with Crippen molar-refractivity contribution in [3.63, 3.8) is 0 Å². The van der Waals surface area contributed by atoms with Gasteiger partial charge in [-0.15, -0.1) is 0 Å². The third kappa shape index (κ3) is 4.55. The van der Waals surface area contributed by atoms with Crippen LogP contribution < -0.4 is 4.74 Å². The molecule has 0 spiro atoms. The Morgan fingerprint density at radius 3 is 2.41 bits per heavy atom. The highest BCUT2D eigenvalue weighted by Crippen LogP contribution is 2.32. The molecule has 0 heterocycles. The third-order valence-electron chi connectivity index (χ3n) is 3.71. The van der Waals surface area contributed by atoms with Crippen molar-refractivity contribution in [2.45, 2.75) is 17.6 Å². The van der Waals surface area contributed by atoms with Gasteiger partial charge in [-0.3, -0.25) is 10.1 Å². The molecule has 0 saturated heterocycles. The van der Waals surface area contributed by atoms with Crippen LogP contribution in [0.1, 0.15) is 11.1 Å². The van der Waals surface area contributed by atoms with Gasteiger partial charge in [-0.25, -0.2) is 8.42 Å². The van der Waals surface area contributed by atoms with Crippen LogP contribution in [-0.2, 0) is 22.7 Å². The fourth-order valence-corrected chi connectivity index (χ4v) is 3.52. The predicted molar refractivity (Wildman–Crippen MR) is 89.7 cm³/mol. The molecule has 0 radical (unpaired) electrons. The topological polar surface area (TPSA) is 89.8 Å². The van der Waals surface area contributed by atoms with Gasteiger partial charge in [0, 0.05) is 19.7 Å². The summed E-state index contributed by atoms with van der Waals surface area (Å²) in [4.78, 5) is 9.90. The van der Waals surface area contributed by atoms with Gasteiger partial charge in [-0.05, 0) is 23.8 Å². The van der Waals surface area contributed by atoms with Gasteiger partial charge in [0.1, 0.15) is 0 Å². The second kappa shape index (κ2) is 7.53. The highest BCUT2D eigenvalue weighted by atomic mass is 32.2. The second-order valence-corrected chi connectivity index (χ2v) is 7.59. The van der Waals surface area contributed by atoms with E-state index in [9.17, 15) is 31.7 Å². The zero-order valence-electron chi connectivity index (χ0n) is 14.2. The molecule has 0 aliphatic heterocycles. The monoisotopic (exact) mass is 404 g/mol. The van der Waals surface area contributed by atoms with E-state index in [1.54, 1.807) is 0 Å². The van der Waals surface area contributed by atoms with Crippen molar-refractivity contribution in [2.24, 2.45) is 0 Å². The summed E-state index contributed by atoms with van der Waals surface area (Å²) in [6, 6.07) is 7.38. The summed E-state index contributed by atoms with van der Waals surface area (Å²) in [5, 5.41) is 11.1. The summed E-state index contributed by atoms with van der Waals surface area (Å²) in [5.74, 6) is -0.112. The minimum atomic E-state index is -4.55. The van der Waals surface area contributed by atoms with Crippen LogP contribution in [0.4, 0.5) is 18.9 Å². The number of methoxy groups -OCH3 is 1. The number of sulfonamides is 1. The van der Waals surface area contributed by atoms with Gasteiger partial charge in [-0.1, -0.05) is 18.2 Å². The summed E-state index contributed by atoms with van der Waals surface area (Å²) in [6.45, 7) is -0.341. The number of alkyl halides is 3. The number of hydrogen-bond donors (Lipinski definition) is 0. The average molecular weight is 404 g/mol. The standard InChI is InChI=1S/C16H15F3N2O5S/c1-20(10-11-4-3-5-12(8-11)16(17,18)19)27(24,25)13-6-7-15(26-2)14(9-13)21(22)23/h3-9H,10H2,1-2H3. The molecule has 0 aromatic heterocycles. The molecule has 0 saturated carbocycles. The molecule has 0 N–H and O–H groups in total. The van der Waals surface area contributed by atoms with Gasteiger partial charge < -0.3 is 4.74 Å². The van der Waals surface area contributed by atoms with Crippen molar-refractivity contribution in [1.82, 2.24) is 4.31 Å². The number of hydrogen-bond acceptors (Lipinski definition) is 5. The van der Waals surface area contributed by atoms with Crippen molar-refractivity contribution in [2.75, 3.05) is 14.2 Å². The minimum absolute atomic E-state index is 0.112. The van der Waals surface area contributed by atoms with Crippen molar-refractivity contribution >= 4 is 15.7 Å². The van der Waals surface area contributed by atoms with Crippen molar-refractivity contribution < 1.29 is 31.2 Å². The maximum Gasteiger partial charge on any atom is 0.416 e. The zero-order valence-corrected chi connectivity index (χ0v) is 15.0. The van der Waals surface area contributed by atoms with Crippen LogP contribution in [0, 0.1) is 10.1 Å². The maximum absolute atomic E-state index is 12.8. The lowest BCUT2D eigenvalue weighted by Crippen LogP contribution is -2.26.